The highest BCUT2D eigenvalue weighted by molar-refractivity contribution is 7.92. The lowest BCUT2D eigenvalue weighted by atomic mass is 10.0. The van der Waals surface area contributed by atoms with Crippen molar-refractivity contribution in [3.8, 4) is 0 Å². The molecule has 0 radical (unpaired) electrons. The molecule has 0 heterocycles. The second-order valence-corrected chi connectivity index (χ2v) is 6.14. The molecule has 0 amide bonds. The molecule has 1 rings (SSSR count). The van der Waals surface area contributed by atoms with Crippen LogP contribution in [0.2, 0.25) is 0 Å². The smallest absolute Gasteiger partial charge is 0.155 e. The molecule has 88 valence electrons. The van der Waals surface area contributed by atoms with Gasteiger partial charge in [0.15, 0.2) is 9.84 Å². The number of sulfone groups is 1. The zero-order valence-electron chi connectivity index (χ0n) is 9.51. The van der Waals surface area contributed by atoms with Crippen molar-refractivity contribution in [3.63, 3.8) is 0 Å². The first-order chi connectivity index (χ1) is 7.38. The van der Waals surface area contributed by atoms with E-state index in [0.29, 0.717) is 5.56 Å². The predicted molar refractivity (Wildman–Crippen MR) is 63.8 cm³/mol. The molecule has 1 aromatic carbocycles. The molecule has 16 heavy (non-hydrogen) atoms. The molecule has 1 aromatic rings. The molecule has 0 aliphatic heterocycles. The zero-order chi connectivity index (χ0) is 12.3. The lowest BCUT2D eigenvalue weighted by Crippen LogP contribution is -2.27. The monoisotopic (exact) mass is 241 g/mol. The Morgan fingerprint density at radius 3 is 2.38 bits per heavy atom. The van der Waals surface area contributed by atoms with E-state index in [2.05, 4.69) is 5.16 Å². The van der Waals surface area contributed by atoms with Gasteiger partial charge in [0, 0.05) is 11.8 Å². The average molecular weight is 241 g/mol. The van der Waals surface area contributed by atoms with Crippen LogP contribution in [0.1, 0.15) is 18.1 Å². The topological polar surface area (TPSA) is 66.7 Å². The first kappa shape index (κ1) is 12.7. The van der Waals surface area contributed by atoms with E-state index in [1.165, 1.54) is 6.92 Å². The van der Waals surface area contributed by atoms with Gasteiger partial charge in [0.1, 0.15) is 11.0 Å². The minimum atomic E-state index is -3.27. The summed E-state index contributed by atoms with van der Waals surface area (Å²) in [5.74, 6) is 0. The van der Waals surface area contributed by atoms with Gasteiger partial charge in [0.2, 0.25) is 0 Å². The van der Waals surface area contributed by atoms with Gasteiger partial charge < -0.3 is 5.21 Å². The summed E-state index contributed by atoms with van der Waals surface area (Å²) in [6, 6.07) is 7.21. The first-order valence-electron chi connectivity index (χ1n) is 4.84. The van der Waals surface area contributed by atoms with E-state index in [1.807, 2.05) is 19.1 Å². The van der Waals surface area contributed by atoms with Crippen LogP contribution < -0.4 is 0 Å². The van der Waals surface area contributed by atoms with Crippen molar-refractivity contribution < 1.29 is 13.6 Å². The van der Waals surface area contributed by atoms with E-state index in [-0.39, 0.29) is 5.71 Å². The lowest BCUT2D eigenvalue weighted by molar-refractivity contribution is 0.318. The van der Waals surface area contributed by atoms with E-state index >= 15 is 0 Å². The predicted octanol–water partition coefficient (Wildman–Crippen LogP) is 1.61. The first-order valence-corrected chi connectivity index (χ1v) is 6.80. The summed E-state index contributed by atoms with van der Waals surface area (Å²) in [7, 11) is -3.27. The van der Waals surface area contributed by atoms with E-state index < -0.39 is 15.1 Å². The SMILES string of the molecule is Cc1ccccc1C(=NO)C(C)S(C)(=O)=O. The van der Waals surface area contributed by atoms with Crippen molar-refractivity contribution in [2.75, 3.05) is 6.26 Å². The van der Waals surface area contributed by atoms with Crippen LogP contribution >= 0.6 is 0 Å². The lowest BCUT2D eigenvalue weighted by Gasteiger charge is -2.13. The quantitative estimate of drug-likeness (QED) is 0.496. The van der Waals surface area contributed by atoms with E-state index in [4.69, 9.17) is 5.21 Å². The molecule has 1 unspecified atom stereocenters. The summed E-state index contributed by atoms with van der Waals surface area (Å²) in [4.78, 5) is 0. The molecule has 0 fully saturated rings. The summed E-state index contributed by atoms with van der Waals surface area (Å²) >= 11 is 0. The molecule has 0 bridgehead atoms. The van der Waals surface area contributed by atoms with Crippen LogP contribution in [0.3, 0.4) is 0 Å². The van der Waals surface area contributed by atoms with E-state index in [9.17, 15) is 8.42 Å². The molecular formula is C11H15NO3S. The molecule has 4 nitrogen and oxygen atoms in total. The second-order valence-electron chi connectivity index (χ2n) is 3.77. The van der Waals surface area contributed by atoms with E-state index in [1.54, 1.807) is 12.1 Å². The van der Waals surface area contributed by atoms with Crippen molar-refractivity contribution in [2.24, 2.45) is 5.16 Å². The number of nitrogens with zero attached hydrogens (tertiary/aromatic N) is 1. The van der Waals surface area contributed by atoms with Gasteiger partial charge in [-0.25, -0.2) is 8.42 Å². The Kier molecular flexibility index (Phi) is 3.70. The van der Waals surface area contributed by atoms with E-state index in [0.717, 1.165) is 11.8 Å². The Morgan fingerprint density at radius 2 is 1.94 bits per heavy atom. The molecular weight excluding hydrogens is 226 g/mol. The molecule has 5 heteroatoms. The Balaban J connectivity index is 3.26. The third-order valence-corrected chi connectivity index (χ3v) is 4.06. The van der Waals surface area contributed by atoms with Crippen molar-refractivity contribution in [3.05, 3.63) is 35.4 Å². The number of aryl methyl sites for hydroxylation is 1. The highest BCUT2D eigenvalue weighted by Crippen LogP contribution is 2.14. The maximum Gasteiger partial charge on any atom is 0.155 e. The second kappa shape index (κ2) is 4.65. The highest BCUT2D eigenvalue weighted by Gasteiger charge is 2.24. The van der Waals surface area contributed by atoms with Crippen LogP contribution in [0.25, 0.3) is 0 Å². The maximum absolute atomic E-state index is 11.4. The molecule has 0 saturated carbocycles. The van der Waals surface area contributed by atoms with Crippen molar-refractivity contribution in [1.82, 2.24) is 0 Å². The molecule has 0 saturated heterocycles. The van der Waals surface area contributed by atoms with Crippen LogP contribution in [-0.4, -0.2) is 30.8 Å². The van der Waals surface area contributed by atoms with Gasteiger partial charge in [-0.2, -0.15) is 0 Å². The van der Waals surface area contributed by atoms with Crippen molar-refractivity contribution in [2.45, 2.75) is 19.1 Å². The van der Waals surface area contributed by atoms with Gasteiger partial charge in [-0.05, 0) is 19.4 Å². The van der Waals surface area contributed by atoms with Crippen LogP contribution in [0.5, 0.6) is 0 Å². The van der Waals surface area contributed by atoms with Gasteiger partial charge in [0.25, 0.3) is 0 Å². The number of rotatable bonds is 3. The number of hydrogen-bond donors (Lipinski definition) is 1. The van der Waals surface area contributed by atoms with Gasteiger partial charge in [-0.15, -0.1) is 0 Å². The Labute approximate surface area is 95.5 Å². The van der Waals surface area contributed by atoms with Crippen LogP contribution in [0, 0.1) is 6.92 Å². The largest absolute Gasteiger partial charge is 0.411 e. The van der Waals surface area contributed by atoms with Gasteiger partial charge in [0.05, 0.1) is 0 Å². The molecule has 0 aromatic heterocycles. The minimum Gasteiger partial charge on any atom is -0.411 e. The minimum absolute atomic E-state index is 0.181. The average Bonchev–Trinajstić information content (AvgIpc) is 2.20. The fourth-order valence-corrected chi connectivity index (χ4v) is 2.00. The molecule has 0 aliphatic carbocycles. The Morgan fingerprint density at radius 1 is 1.38 bits per heavy atom. The highest BCUT2D eigenvalue weighted by atomic mass is 32.2. The fraction of sp³-hybridized carbons (Fsp3) is 0.364. The normalized spacial score (nSPS) is 14.8. The number of hydrogen-bond acceptors (Lipinski definition) is 4. The number of benzene rings is 1. The van der Waals surface area contributed by atoms with Crippen LogP contribution in [0.15, 0.2) is 29.4 Å². The standard InChI is InChI=1S/C11H15NO3S/c1-8-6-4-5-7-10(8)11(12-13)9(2)16(3,14)15/h4-7,9,13H,1-3H3. The van der Waals surface area contributed by atoms with Gasteiger partial charge >= 0.3 is 0 Å². The third-order valence-electron chi connectivity index (χ3n) is 2.56. The Hall–Kier alpha value is -1.36. The molecule has 1 N–H and O–H groups in total. The van der Waals surface area contributed by atoms with Gasteiger partial charge in [-0.3, -0.25) is 0 Å². The summed E-state index contributed by atoms with van der Waals surface area (Å²) < 4.78 is 22.8. The third kappa shape index (κ3) is 2.61. The summed E-state index contributed by atoms with van der Waals surface area (Å²) in [5, 5.41) is 11.3. The van der Waals surface area contributed by atoms with Crippen molar-refractivity contribution in [1.29, 1.82) is 0 Å². The Bertz CT molecular complexity index is 506. The summed E-state index contributed by atoms with van der Waals surface area (Å²) in [5.41, 5.74) is 1.72. The summed E-state index contributed by atoms with van der Waals surface area (Å²) in [6.07, 6.45) is 1.13. The maximum atomic E-state index is 11.4. The summed E-state index contributed by atoms with van der Waals surface area (Å²) in [6.45, 7) is 3.35. The van der Waals surface area contributed by atoms with Crippen LogP contribution in [0.4, 0.5) is 0 Å². The molecule has 1 atom stereocenters. The van der Waals surface area contributed by atoms with Crippen molar-refractivity contribution >= 4 is 15.5 Å². The van der Waals surface area contributed by atoms with Crippen LogP contribution in [-0.2, 0) is 9.84 Å². The number of oxime groups is 1. The zero-order valence-corrected chi connectivity index (χ0v) is 10.3. The molecule has 0 aliphatic rings. The van der Waals surface area contributed by atoms with Gasteiger partial charge in [-0.1, -0.05) is 29.4 Å². The molecule has 0 spiro atoms. The fourth-order valence-electron chi connectivity index (χ4n) is 1.42.